The van der Waals surface area contributed by atoms with Crippen molar-refractivity contribution in [1.82, 2.24) is 14.1 Å². The first-order valence-corrected chi connectivity index (χ1v) is 13.3. The van der Waals surface area contributed by atoms with Crippen molar-refractivity contribution in [3.63, 3.8) is 0 Å². The summed E-state index contributed by atoms with van der Waals surface area (Å²) >= 11 is 15.6. The molecule has 0 unspecified atom stereocenters. The minimum atomic E-state index is -3.55. The Morgan fingerprint density at radius 2 is 1.82 bits per heavy atom. The molecular formula is C22H21BrCl2N4O3S. The van der Waals surface area contributed by atoms with E-state index in [0.29, 0.717) is 52.8 Å². The second-order valence-corrected chi connectivity index (χ2v) is 11.4. The number of halogens is 3. The number of rotatable bonds is 6. The zero-order chi connectivity index (χ0) is 23.6. The van der Waals surface area contributed by atoms with Crippen LogP contribution in [0.25, 0.3) is 0 Å². The fraction of sp³-hybridized carbons (Fsp3) is 0.273. The maximum atomic E-state index is 12.8. The molecule has 1 aromatic heterocycles. The summed E-state index contributed by atoms with van der Waals surface area (Å²) in [6.07, 6.45) is 2.64. The van der Waals surface area contributed by atoms with Gasteiger partial charge in [0.25, 0.3) is 0 Å². The van der Waals surface area contributed by atoms with Gasteiger partial charge >= 0.3 is 0 Å². The minimum absolute atomic E-state index is 0.178. The number of piperidine rings is 1. The van der Waals surface area contributed by atoms with Crippen LogP contribution in [0, 0.1) is 5.92 Å². The van der Waals surface area contributed by atoms with Crippen LogP contribution in [0.1, 0.15) is 18.4 Å². The predicted octanol–water partition coefficient (Wildman–Crippen LogP) is 5.04. The number of benzene rings is 2. The van der Waals surface area contributed by atoms with Gasteiger partial charge in [-0.25, -0.2) is 8.42 Å². The molecule has 3 aromatic rings. The number of aromatic nitrogens is 2. The number of carbonyl (C=O) groups excluding carboxylic acids is 1. The Bertz CT molecular complexity index is 1260. The van der Waals surface area contributed by atoms with Crippen LogP contribution in [-0.2, 0) is 21.4 Å². The Morgan fingerprint density at radius 1 is 1.12 bits per heavy atom. The maximum absolute atomic E-state index is 12.8. The van der Waals surface area contributed by atoms with E-state index in [1.54, 1.807) is 53.3 Å². The molecule has 2 heterocycles. The van der Waals surface area contributed by atoms with Gasteiger partial charge in [0.1, 0.15) is 0 Å². The molecule has 1 amide bonds. The molecule has 7 nitrogen and oxygen atoms in total. The molecule has 1 saturated heterocycles. The van der Waals surface area contributed by atoms with Gasteiger partial charge in [0.15, 0.2) is 5.82 Å². The van der Waals surface area contributed by atoms with Crippen LogP contribution in [0.4, 0.5) is 5.82 Å². The molecule has 11 heteroatoms. The van der Waals surface area contributed by atoms with Crippen molar-refractivity contribution in [3.05, 3.63) is 74.8 Å². The molecule has 1 fully saturated rings. The highest BCUT2D eigenvalue weighted by Gasteiger charge is 2.32. The third-order valence-corrected chi connectivity index (χ3v) is 8.59. The largest absolute Gasteiger partial charge is 0.308 e. The van der Waals surface area contributed by atoms with Gasteiger partial charge in [0.2, 0.25) is 15.9 Å². The molecule has 0 atom stereocenters. The minimum Gasteiger partial charge on any atom is -0.308 e. The lowest BCUT2D eigenvalue weighted by atomic mass is 9.97. The lowest BCUT2D eigenvalue weighted by Crippen LogP contribution is -2.41. The summed E-state index contributed by atoms with van der Waals surface area (Å²) in [6, 6.07) is 13.6. The molecule has 1 aliphatic rings. The SMILES string of the molecule is O=C(Nc1nn(Cc2ccc(Cl)cc2Cl)cc1Br)C1CCN(S(=O)(=O)c2ccccc2)CC1. The number of nitrogens with zero attached hydrogens (tertiary/aromatic N) is 3. The number of anilines is 1. The van der Waals surface area contributed by atoms with Crippen LogP contribution in [0.15, 0.2) is 64.1 Å². The van der Waals surface area contributed by atoms with Crippen LogP contribution in [0.5, 0.6) is 0 Å². The molecular weight excluding hydrogens is 551 g/mol. The third kappa shape index (κ3) is 5.60. The van der Waals surface area contributed by atoms with Crippen LogP contribution in [-0.4, -0.2) is 41.5 Å². The summed E-state index contributed by atoms with van der Waals surface area (Å²) < 4.78 is 29.3. The molecule has 0 radical (unpaired) electrons. The van der Waals surface area contributed by atoms with E-state index in [2.05, 4.69) is 26.3 Å². The predicted molar refractivity (Wildman–Crippen MR) is 132 cm³/mol. The van der Waals surface area contributed by atoms with Crippen molar-refractivity contribution >= 4 is 60.9 Å². The van der Waals surface area contributed by atoms with Crippen LogP contribution >= 0.6 is 39.1 Å². The van der Waals surface area contributed by atoms with Crippen molar-refractivity contribution in [2.45, 2.75) is 24.3 Å². The first-order valence-electron chi connectivity index (χ1n) is 10.3. The molecule has 1 aliphatic heterocycles. The fourth-order valence-corrected chi connectivity index (χ4v) is 6.08. The van der Waals surface area contributed by atoms with E-state index in [4.69, 9.17) is 23.2 Å². The molecule has 0 aliphatic carbocycles. The number of amides is 1. The van der Waals surface area contributed by atoms with Crippen molar-refractivity contribution in [1.29, 1.82) is 0 Å². The average Bonchev–Trinajstić information content (AvgIpc) is 3.15. The van der Waals surface area contributed by atoms with Gasteiger partial charge in [-0.2, -0.15) is 9.40 Å². The smallest absolute Gasteiger partial charge is 0.243 e. The first kappa shape index (κ1) is 24.2. The fourth-order valence-electron chi connectivity index (χ4n) is 3.71. The van der Waals surface area contributed by atoms with Gasteiger partial charge in [-0.15, -0.1) is 0 Å². The Hall–Kier alpha value is -1.91. The number of nitrogens with one attached hydrogen (secondary N) is 1. The highest BCUT2D eigenvalue weighted by Crippen LogP contribution is 2.27. The Balaban J connectivity index is 1.37. The number of hydrogen-bond donors (Lipinski definition) is 1. The molecule has 0 bridgehead atoms. The Kier molecular flexibility index (Phi) is 7.45. The van der Waals surface area contributed by atoms with Gasteiger partial charge in [-0.1, -0.05) is 47.5 Å². The Labute approximate surface area is 210 Å². The summed E-state index contributed by atoms with van der Waals surface area (Å²) in [4.78, 5) is 13.1. The lowest BCUT2D eigenvalue weighted by molar-refractivity contribution is -0.120. The van der Waals surface area contributed by atoms with E-state index in [1.807, 2.05) is 6.07 Å². The zero-order valence-corrected chi connectivity index (χ0v) is 21.3. The standard InChI is InChI=1S/C22H21BrCl2N4O3S/c23-19-14-28(13-16-6-7-17(24)12-20(16)25)27-21(19)26-22(30)15-8-10-29(11-9-15)33(31,32)18-4-2-1-3-5-18/h1-7,12,14-15H,8-11,13H2,(H,26,27,30). The Morgan fingerprint density at radius 3 is 2.48 bits per heavy atom. The van der Waals surface area contributed by atoms with Gasteiger partial charge in [-0.3, -0.25) is 9.48 Å². The topological polar surface area (TPSA) is 84.3 Å². The van der Waals surface area contributed by atoms with E-state index in [9.17, 15) is 13.2 Å². The number of carbonyl (C=O) groups is 1. The summed E-state index contributed by atoms with van der Waals surface area (Å²) in [5.74, 6) is -0.0679. The second-order valence-electron chi connectivity index (χ2n) is 7.74. The number of hydrogen-bond acceptors (Lipinski definition) is 4. The van der Waals surface area contributed by atoms with Gasteiger partial charge in [-0.05, 0) is 58.6 Å². The molecule has 1 N–H and O–H groups in total. The van der Waals surface area contributed by atoms with E-state index in [0.717, 1.165) is 5.56 Å². The quantitative estimate of drug-likeness (QED) is 0.449. The van der Waals surface area contributed by atoms with E-state index < -0.39 is 10.0 Å². The van der Waals surface area contributed by atoms with Gasteiger partial charge in [0, 0.05) is 35.2 Å². The van der Waals surface area contributed by atoms with Crippen molar-refractivity contribution in [2.24, 2.45) is 5.92 Å². The van der Waals surface area contributed by atoms with Crippen molar-refractivity contribution in [2.75, 3.05) is 18.4 Å². The first-order chi connectivity index (χ1) is 15.7. The van der Waals surface area contributed by atoms with Gasteiger partial charge < -0.3 is 5.32 Å². The lowest BCUT2D eigenvalue weighted by Gasteiger charge is -2.30. The highest BCUT2D eigenvalue weighted by molar-refractivity contribution is 9.10. The zero-order valence-electron chi connectivity index (χ0n) is 17.4. The van der Waals surface area contributed by atoms with Crippen molar-refractivity contribution in [3.8, 4) is 0 Å². The van der Waals surface area contributed by atoms with E-state index in [1.165, 1.54) is 4.31 Å². The van der Waals surface area contributed by atoms with Crippen LogP contribution in [0.3, 0.4) is 0 Å². The summed E-state index contributed by atoms with van der Waals surface area (Å²) in [6.45, 7) is 1.00. The summed E-state index contributed by atoms with van der Waals surface area (Å²) in [7, 11) is -3.55. The third-order valence-electron chi connectivity index (χ3n) is 5.51. The highest BCUT2D eigenvalue weighted by atomic mass is 79.9. The van der Waals surface area contributed by atoms with E-state index >= 15 is 0 Å². The number of sulfonamides is 1. The van der Waals surface area contributed by atoms with Crippen molar-refractivity contribution < 1.29 is 13.2 Å². The molecule has 0 saturated carbocycles. The molecule has 4 rings (SSSR count). The molecule has 174 valence electrons. The molecule has 2 aromatic carbocycles. The van der Waals surface area contributed by atoms with Crippen LogP contribution in [0.2, 0.25) is 10.0 Å². The monoisotopic (exact) mass is 570 g/mol. The average molecular weight is 572 g/mol. The molecule has 33 heavy (non-hydrogen) atoms. The second kappa shape index (κ2) is 10.1. The van der Waals surface area contributed by atoms with E-state index in [-0.39, 0.29) is 16.7 Å². The normalized spacial score (nSPS) is 15.5. The summed E-state index contributed by atoms with van der Waals surface area (Å²) in [5.41, 5.74) is 0.848. The molecule has 0 spiro atoms. The van der Waals surface area contributed by atoms with Gasteiger partial charge in [0.05, 0.1) is 15.9 Å². The maximum Gasteiger partial charge on any atom is 0.243 e. The van der Waals surface area contributed by atoms with Crippen LogP contribution < -0.4 is 5.32 Å². The summed E-state index contributed by atoms with van der Waals surface area (Å²) in [5, 5.41) is 8.39.